The first kappa shape index (κ1) is 13.9. The number of carbonyl (C=O) groups is 2. The maximum absolute atomic E-state index is 13.5. The molecule has 0 saturated heterocycles. The maximum Gasteiger partial charge on any atom is 0.394 e. The van der Waals surface area contributed by atoms with Gasteiger partial charge in [0, 0.05) is 25.2 Å². The number of likely N-dealkylation sites (N-methyl/N-ethyl adjacent to an activating group) is 1. The molecule has 1 rings (SSSR count). The molecule has 1 aromatic rings. The number of carboxylic acid groups (broad SMARTS) is 1. The van der Waals surface area contributed by atoms with Gasteiger partial charge in [-0.1, -0.05) is 0 Å². The average Bonchev–Trinajstić information content (AvgIpc) is 2.32. The summed E-state index contributed by atoms with van der Waals surface area (Å²) >= 11 is 0. The van der Waals surface area contributed by atoms with E-state index in [2.05, 4.69) is 4.74 Å². The van der Waals surface area contributed by atoms with Crippen LogP contribution >= 0.6 is 0 Å². The molecule has 7 heteroatoms. The fraction of sp³-hybridized carbons (Fsp3) is 0.273. The lowest BCUT2D eigenvalue weighted by molar-refractivity contribution is -0.155. The third-order valence-electron chi connectivity index (χ3n) is 2.26. The molecule has 1 aromatic carbocycles. The van der Waals surface area contributed by atoms with Gasteiger partial charge in [0.25, 0.3) is 0 Å². The second kappa shape index (κ2) is 5.44. The summed E-state index contributed by atoms with van der Waals surface area (Å²) in [5.41, 5.74) is -0.134. The second-order valence-corrected chi connectivity index (χ2v) is 3.54. The van der Waals surface area contributed by atoms with E-state index in [9.17, 15) is 18.4 Å². The molecular weight excluding hydrogens is 248 g/mol. The van der Waals surface area contributed by atoms with Crippen molar-refractivity contribution in [1.29, 1.82) is 0 Å². The van der Waals surface area contributed by atoms with Crippen molar-refractivity contribution in [3.05, 3.63) is 29.3 Å². The SMILES string of the molecule is COc1cc(F)c(CN(C)C(=O)C(=O)O)cc1F. The summed E-state index contributed by atoms with van der Waals surface area (Å²) in [5.74, 6) is -4.69. The normalized spacial score (nSPS) is 10.0. The molecule has 1 N–H and O–H groups in total. The van der Waals surface area contributed by atoms with Crippen molar-refractivity contribution in [3.63, 3.8) is 0 Å². The molecule has 1 amide bonds. The lowest BCUT2D eigenvalue weighted by Crippen LogP contribution is -2.32. The molecule has 0 aliphatic heterocycles. The highest BCUT2D eigenvalue weighted by Gasteiger charge is 2.19. The molecule has 0 aliphatic carbocycles. The summed E-state index contributed by atoms with van der Waals surface area (Å²) in [4.78, 5) is 22.2. The molecule has 0 saturated carbocycles. The third-order valence-corrected chi connectivity index (χ3v) is 2.26. The number of halogens is 2. The molecule has 0 bridgehead atoms. The van der Waals surface area contributed by atoms with Crippen molar-refractivity contribution in [1.82, 2.24) is 4.90 Å². The number of benzene rings is 1. The first-order valence-corrected chi connectivity index (χ1v) is 4.87. The zero-order valence-corrected chi connectivity index (χ0v) is 9.74. The Bertz CT molecular complexity index is 490. The van der Waals surface area contributed by atoms with E-state index in [1.54, 1.807) is 0 Å². The molecule has 18 heavy (non-hydrogen) atoms. The van der Waals surface area contributed by atoms with Crippen LogP contribution in [0.25, 0.3) is 0 Å². The molecule has 0 radical (unpaired) electrons. The molecule has 0 heterocycles. The van der Waals surface area contributed by atoms with Gasteiger partial charge >= 0.3 is 11.9 Å². The molecule has 0 aromatic heterocycles. The molecule has 0 atom stereocenters. The van der Waals surface area contributed by atoms with Gasteiger partial charge in [0.05, 0.1) is 7.11 Å². The Morgan fingerprint density at radius 3 is 2.44 bits per heavy atom. The number of carboxylic acids is 1. The zero-order valence-electron chi connectivity index (χ0n) is 9.74. The van der Waals surface area contributed by atoms with E-state index in [0.717, 1.165) is 17.0 Å². The summed E-state index contributed by atoms with van der Waals surface area (Å²) in [5, 5.41) is 8.46. The van der Waals surface area contributed by atoms with E-state index in [-0.39, 0.29) is 17.9 Å². The van der Waals surface area contributed by atoms with E-state index < -0.39 is 23.5 Å². The van der Waals surface area contributed by atoms with E-state index in [0.29, 0.717) is 0 Å². The van der Waals surface area contributed by atoms with Crippen LogP contribution in [-0.2, 0) is 16.1 Å². The summed E-state index contributed by atoms with van der Waals surface area (Å²) < 4.78 is 31.4. The molecule has 0 unspecified atom stereocenters. The van der Waals surface area contributed by atoms with Crippen molar-refractivity contribution in [2.45, 2.75) is 6.54 Å². The Balaban J connectivity index is 2.95. The van der Waals surface area contributed by atoms with E-state index in [4.69, 9.17) is 5.11 Å². The fourth-order valence-corrected chi connectivity index (χ4v) is 1.34. The molecule has 5 nitrogen and oxygen atoms in total. The third kappa shape index (κ3) is 2.93. The van der Waals surface area contributed by atoms with Crippen molar-refractivity contribution in [3.8, 4) is 5.75 Å². The van der Waals surface area contributed by atoms with Crippen molar-refractivity contribution in [2.24, 2.45) is 0 Å². The second-order valence-electron chi connectivity index (χ2n) is 3.54. The quantitative estimate of drug-likeness (QED) is 0.823. The van der Waals surface area contributed by atoms with Crippen LogP contribution in [0.3, 0.4) is 0 Å². The van der Waals surface area contributed by atoms with Crippen LogP contribution in [-0.4, -0.2) is 36.0 Å². The predicted molar refractivity (Wildman–Crippen MR) is 57.0 cm³/mol. The van der Waals surface area contributed by atoms with Crippen LogP contribution in [0, 0.1) is 11.6 Å². The topological polar surface area (TPSA) is 66.8 Å². The van der Waals surface area contributed by atoms with Crippen LogP contribution in [0.1, 0.15) is 5.56 Å². The monoisotopic (exact) mass is 259 g/mol. The van der Waals surface area contributed by atoms with Gasteiger partial charge in [-0.05, 0) is 6.07 Å². The Hall–Kier alpha value is -2.18. The van der Waals surface area contributed by atoms with Crippen LogP contribution in [0.2, 0.25) is 0 Å². The van der Waals surface area contributed by atoms with Crippen molar-refractivity contribution < 1.29 is 28.2 Å². The average molecular weight is 259 g/mol. The molecular formula is C11H11F2NO4. The molecule has 0 aliphatic rings. The van der Waals surface area contributed by atoms with Crippen molar-refractivity contribution >= 4 is 11.9 Å². The number of aliphatic carboxylic acids is 1. The van der Waals surface area contributed by atoms with Gasteiger partial charge in [-0.25, -0.2) is 13.6 Å². The Morgan fingerprint density at radius 1 is 1.33 bits per heavy atom. The Kier molecular flexibility index (Phi) is 4.19. The largest absolute Gasteiger partial charge is 0.494 e. The number of hydrogen-bond donors (Lipinski definition) is 1. The lowest BCUT2D eigenvalue weighted by Gasteiger charge is -2.15. The number of amides is 1. The van der Waals surface area contributed by atoms with E-state index >= 15 is 0 Å². The standard InChI is InChI=1S/C11H11F2NO4/c1-14(10(15)11(16)17)5-6-3-8(13)9(18-2)4-7(6)12/h3-4H,5H2,1-2H3,(H,16,17). The maximum atomic E-state index is 13.5. The first-order valence-electron chi connectivity index (χ1n) is 4.87. The van der Waals surface area contributed by atoms with Crippen LogP contribution in [0.4, 0.5) is 8.78 Å². The Labute approximate surface area is 102 Å². The van der Waals surface area contributed by atoms with Gasteiger partial charge in [-0.3, -0.25) is 4.79 Å². The minimum absolute atomic E-state index is 0.134. The minimum Gasteiger partial charge on any atom is -0.494 e. The van der Waals surface area contributed by atoms with Gasteiger partial charge in [0.1, 0.15) is 5.82 Å². The zero-order chi connectivity index (χ0) is 13.9. The minimum atomic E-state index is -1.66. The van der Waals surface area contributed by atoms with Crippen LogP contribution < -0.4 is 4.74 Å². The predicted octanol–water partition coefficient (Wildman–Crippen LogP) is 1.02. The number of rotatable bonds is 3. The number of methoxy groups -OCH3 is 1. The number of hydrogen-bond acceptors (Lipinski definition) is 3. The fourth-order valence-electron chi connectivity index (χ4n) is 1.34. The molecule has 0 spiro atoms. The number of carbonyl (C=O) groups excluding carboxylic acids is 1. The van der Waals surface area contributed by atoms with Gasteiger partial charge in [0.15, 0.2) is 11.6 Å². The van der Waals surface area contributed by atoms with Gasteiger partial charge < -0.3 is 14.7 Å². The summed E-state index contributed by atoms with van der Waals surface area (Å²) in [6, 6.07) is 1.70. The summed E-state index contributed by atoms with van der Waals surface area (Å²) in [6.45, 7) is -0.349. The van der Waals surface area contributed by atoms with E-state index in [1.165, 1.54) is 14.2 Å². The number of ether oxygens (including phenoxy) is 1. The molecule has 98 valence electrons. The van der Waals surface area contributed by atoms with Gasteiger partial charge in [-0.2, -0.15) is 0 Å². The Morgan fingerprint density at radius 2 is 1.94 bits per heavy atom. The van der Waals surface area contributed by atoms with Crippen molar-refractivity contribution in [2.75, 3.05) is 14.2 Å². The molecule has 0 fully saturated rings. The highest BCUT2D eigenvalue weighted by molar-refractivity contribution is 6.31. The first-order chi connectivity index (χ1) is 8.36. The number of nitrogens with zero attached hydrogens (tertiary/aromatic N) is 1. The van der Waals surface area contributed by atoms with Gasteiger partial charge in [0.2, 0.25) is 0 Å². The van der Waals surface area contributed by atoms with Gasteiger partial charge in [-0.15, -0.1) is 0 Å². The smallest absolute Gasteiger partial charge is 0.394 e. The van der Waals surface area contributed by atoms with Crippen LogP contribution in [0.15, 0.2) is 12.1 Å². The lowest BCUT2D eigenvalue weighted by atomic mass is 10.2. The van der Waals surface area contributed by atoms with E-state index in [1.807, 2.05) is 0 Å². The summed E-state index contributed by atoms with van der Waals surface area (Å²) in [6.07, 6.45) is 0. The highest BCUT2D eigenvalue weighted by Crippen LogP contribution is 2.22. The van der Waals surface area contributed by atoms with Crippen LogP contribution in [0.5, 0.6) is 5.75 Å². The highest BCUT2D eigenvalue weighted by atomic mass is 19.1. The summed E-state index contributed by atoms with van der Waals surface area (Å²) in [7, 11) is 2.37.